The molecule has 3 aliphatic rings. The van der Waals surface area contributed by atoms with Crippen LogP contribution < -0.4 is 14.8 Å². The number of nitrogens with zero attached hydrogens (tertiary/aromatic N) is 1. The predicted octanol–water partition coefficient (Wildman–Crippen LogP) is 3.39. The number of carbonyl (C=O) groups excluding carboxylic acids is 2. The van der Waals surface area contributed by atoms with E-state index in [9.17, 15) is 9.59 Å². The summed E-state index contributed by atoms with van der Waals surface area (Å²) in [5, 5.41) is 3.36. The molecule has 1 spiro atoms. The smallest absolute Gasteiger partial charge is 0.325 e. The van der Waals surface area contributed by atoms with E-state index >= 15 is 0 Å². The van der Waals surface area contributed by atoms with E-state index < -0.39 is 5.54 Å². The number of nitrogens with one attached hydrogen (secondary N) is 1. The molecule has 144 valence electrons. The van der Waals surface area contributed by atoms with Crippen molar-refractivity contribution in [1.29, 1.82) is 0 Å². The van der Waals surface area contributed by atoms with Gasteiger partial charge < -0.3 is 14.8 Å². The number of ether oxygens (including phenoxy) is 2. The topological polar surface area (TPSA) is 67.9 Å². The van der Waals surface area contributed by atoms with Crippen LogP contribution in [0, 0.1) is 0 Å². The number of carbonyl (C=O) groups is 2. The van der Waals surface area contributed by atoms with Gasteiger partial charge in [0, 0.05) is 6.42 Å². The third-order valence-corrected chi connectivity index (χ3v) is 5.91. The van der Waals surface area contributed by atoms with E-state index in [-0.39, 0.29) is 18.5 Å². The molecule has 28 heavy (non-hydrogen) atoms. The Hall–Kier alpha value is -2.73. The van der Waals surface area contributed by atoms with Crippen LogP contribution in [-0.4, -0.2) is 30.1 Å². The second-order valence-corrected chi connectivity index (χ2v) is 7.75. The quantitative estimate of drug-likeness (QED) is 0.787. The molecule has 1 saturated heterocycles. The van der Waals surface area contributed by atoms with Gasteiger partial charge in [-0.25, -0.2) is 4.79 Å². The molecule has 2 aromatic carbocycles. The maximum Gasteiger partial charge on any atom is 0.325 e. The van der Waals surface area contributed by atoms with E-state index in [0.717, 1.165) is 29.5 Å². The Morgan fingerprint density at radius 2 is 1.96 bits per heavy atom. The Bertz CT molecular complexity index is 992. The first-order valence-corrected chi connectivity index (χ1v) is 9.77. The van der Waals surface area contributed by atoms with Crippen molar-refractivity contribution in [2.45, 2.75) is 31.3 Å². The Kier molecular flexibility index (Phi) is 3.98. The van der Waals surface area contributed by atoms with E-state index in [4.69, 9.17) is 21.1 Å². The summed E-state index contributed by atoms with van der Waals surface area (Å²) in [4.78, 5) is 27.2. The lowest BCUT2D eigenvalue weighted by molar-refractivity contribution is -0.132. The number of fused-ring (bicyclic) bond motifs is 3. The van der Waals surface area contributed by atoms with Gasteiger partial charge in [-0.15, -0.1) is 0 Å². The monoisotopic (exact) mass is 398 g/mol. The van der Waals surface area contributed by atoms with Crippen LogP contribution in [0.4, 0.5) is 4.79 Å². The summed E-state index contributed by atoms with van der Waals surface area (Å²) in [5.41, 5.74) is 1.77. The van der Waals surface area contributed by atoms with Crippen molar-refractivity contribution in [2.75, 3.05) is 13.2 Å². The maximum atomic E-state index is 13.3. The Morgan fingerprint density at radius 1 is 1.14 bits per heavy atom. The van der Waals surface area contributed by atoms with E-state index in [2.05, 4.69) is 5.32 Å². The second-order valence-electron chi connectivity index (χ2n) is 7.34. The third-order valence-electron chi connectivity index (χ3n) is 5.62. The molecule has 1 unspecified atom stereocenters. The molecule has 5 rings (SSSR count). The van der Waals surface area contributed by atoms with Gasteiger partial charge in [0.25, 0.3) is 5.91 Å². The summed E-state index contributed by atoms with van der Waals surface area (Å²) < 4.78 is 11.4. The average molecular weight is 399 g/mol. The lowest BCUT2D eigenvalue weighted by atomic mass is 9.92. The van der Waals surface area contributed by atoms with Crippen molar-refractivity contribution in [2.24, 2.45) is 0 Å². The largest absolute Gasteiger partial charge is 0.489 e. The van der Waals surface area contributed by atoms with Gasteiger partial charge in [-0.3, -0.25) is 9.69 Å². The number of hydrogen-bond donors (Lipinski definition) is 1. The molecule has 1 fully saturated rings. The molecular formula is C21H19ClN2O4. The zero-order chi connectivity index (χ0) is 19.3. The highest BCUT2D eigenvalue weighted by Crippen LogP contribution is 2.42. The van der Waals surface area contributed by atoms with Crippen molar-refractivity contribution in [3.05, 3.63) is 58.1 Å². The molecule has 3 amide bonds. The fourth-order valence-corrected chi connectivity index (χ4v) is 4.58. The number of halogens is 1. The van der Waals surface area contributed by atoms with E-state index in [1.165, 1.54) is 4.90 Å². The van der Waals surface area contributed by atoms with E-state index in [1.807, 2.05) is 24.3 Å². The summed E-state index contributed by atoms with van der Waals surface area (Å²) in [5.74, 6) is 0.847. The van der Waals surface area contributed by atoms with Crippen LogP contribution in [0.5, 0.6) is 11.5 Å². The van der Waals surface area contributed by atoms with Crippen LogP contribution in [0.15, 0.2) is 36.4 Å². The van der Waals surface area contributed by atoms with Crippen molar-refractivity contribution in [3.8, 4) is 11.5 Å². The molecule has 6 nitrogen and oxygen atoms in total. The Balaban J connectivity index is 1.46. The summed E-state index contributed by atoms with van der Waals surface area (Å²) in [6.07, 6.45) is 2.12. The third kappa shape index (κ3) is 2.55. The summed E-state index contributed by atoms with van der Waals surface area (Å²) in [6.45, 7) is 1.21. The second kappa shape index (κ2) is 6.41. The van der Waals surface area contributed by atoms with Crippen LogP contribution in [-0.2, 0) is 23.3 Å². The Morgan fingerprint density at radius 3 is 2.86 bits per heavy atom. The number of amides is 3. The summed E-state index contributed by atoms with van der Waals surface area (Å²) >= 11 is 6.36. The van der Waals surface area contributed by atoms with Crippen molar-refractivity contribution in [3.63, 3.8) is 0 Å². The molecule has 2 aliphatic heterocycles. The highest BCUT2D eigenvalue weighted by atomic mass is 35.5. The zero-order valence-corrected chi connectivity index (χ0v) is 15.9. The van der Waals surface area contributed by atoms with Crippen molar-refractivity contribution in [1.82, 2.24) is 10.2 Å². The number of rotatable bonds is 2. The summed E-state index contributed by atoms with van der Waals surface area (Å²) in [6, 6.07) is 10.9. The predicted molar refractivity (Wildman–Crippen MR) is 103 cm³/mol. The van der Waals surface area contributed by atoms with E-state index in [1.54, 1.807) is 12.1 Å². The van der Waals surface area contributed by atoms with Crippen molar-refractivity contribution < 1.29 is 19.1 Å². The van der Waals surface area contributed by atoms with Crippen LogP contribution in [0.2, 0.25) is 5.02 Å². The SMILES string of the molecule is O=C1NC2(CCc3ccccc32)C(=O)N1Cc1cc(Cl)c2c(c1)OCCCO2. The number of aryl methyl sites for hydroxylation is 1. The van der Waals surface area contributed by atoms with E-state index in [0.29, 0.717) is 36.2 Å². The van der Waals surface area contributed by atoms with Gasteiger partial charge in [-0.1, -0.05) is 35.9 Å². The van der Waals surface area contributed by atoms with Gasteiger partial charge in [-0.2, -0.15) is 0 Å². The molecule has 0 radical (unpaired) electrons. The fourth-order valence-electron chi connectivity index (χ4n) is 4.29. The number of imide groups is 1. The fraction of sp³-hybridized carbons (Fsp3) is 0.333. The minimum Gasteiger partial charge on any atom is -0.489 e. The molecule has 2 aromatic rings. The van der Waals surface area contributed by atoms with Crippen LogP contribution in [0.1, 0.15) is 29.5 Å². The first-order chi connectivity index (χ1) is 13.6. The molecule has 0 bridgehead atoms. The summed E-state index contributed by atoms with van der Waals surface area (Å²) in [7, 11) is 0. The minimum absolute atomic E-state index is 0.130. The zero-order valence-electron chi connectivity index (χ0n) is 15.2. The maximum absolute atomic E-state index is 13.3. The van der Waals surface area contributed by atoms with Gasteiger partial charge in [0.05, 0.1) is 24.8 Å². The normalized spacial score (nSPS) is 23.0. The van der Waals surface area contributed by atoms with Gasteiger partial charge in [0.2, 0.25) is 0 Å². The Labute approximate surface area is 167 Å². The number of benzene rings is 2. The molecule has 0 aromatic heterocycles. The van der Waals surface area contributed by atoms with Crippen LogP contribution in [0.3, 0.4) is 0 Å². The molecule has 1 atom stereocenters. The highest BCUT2D eigenvalue weighted by Gasteiger charge is 2.55. The van der Waals surface area contributed by atoms with Crippen molar-refractivity contribution >= 4 is 23.5 Å². The standard InChI is InChI=1S/C21H19ClN2O4/c22-16-10-13(11-17-18(16)28-9-3-8-27-17)12-24-19(25)21(23-20(24)26)7-6-14-4-1-2-5-15(14)21/h1-2,4-5,10-11H,3,6-9,12H2,(H,23,26). The molecular weight excluding hydrogens is 380 g/mol. The van der Waals surface area contributed by atoms with Crippen LogP contribution >= 0.6 is 11.6 Å². The van der Waals surface area contributed by atoms with Gasteiger partial charge in [-0.05, 0) is 41.7 Å². The van der Waals surface area contributed by atoms with Gasteiger partial charge in [0.15, 0.2) is 11.5 Å². The first kappa shape index (κ1) is 17.4. The number of urea groups is 1. The molecule has 1 N–H and O–H groups in total. The number of hydrogen-bond acceptors (Lipinski definition) is 4. The molecule has 1 aliphatic carbocycles. The minimum atomic E-state index is -0.956. The lowest BCUT2D eigenvalue weighted by Gasteiger charge is -2.22. The molecule has 2 heterocycles. The highest BCUT2D eigenvalue weighted by molar-refractivity contribution is 6.32. The lowest BCUT2D eigenvalue weighted by Crippen LogP contribution is -2.41. The average Bonchev–Trinajstić information content (AvgIpc) is 3.03. The molecule has 7 heteroatoms. The van der Waals surface area contributed by atoms with Crippen LogP contribution in [0.25, 0.3) is 0 Å². The van der Waals surface area contributed by atoms with Gasteiger partial charge in [0.1, 0.15) is 5.54 Å². The molecule has 0 saturated carbocycles. The first-order valence-electron chi connectivity index (χ1n) is 9.39. The van der Waals surface area contributed by atoms with Gasteiger partial charge >= 0.3 is 6.03 Å².